The van der Waals surface area contributed by atoms with Crippen LogP contribution in [0.5, 0.6) is 0 Å². The topological polar surface area (TPSA) is 107 Å². The lowest BCUT2D eigenvalue weighted by molar-refractivity contribution is -0.202. The SMILES string of the molecule is CC(=O)ON=C(CC(C)N(OC(C)=O)C(C)=O)c1ccc2c(c1)c1ccccc1n2-c1ccc(C(=O)c2cccs2)cc1. The smallest absolute Gasteiger partial charge is 0.331 e. The minimum absolute atomic E-state index is 0.0146. The Bertz CT molecular complexity index is 1870. The molecule has 0 spiro atoms. The molecule has 0 aliphatic rings. The number of para-hydroxylation sites is 1. The first-order valence-electron chi connectivity index (χ1n) is 13.6. The summed E-state index contributed by atoms with van der Waals surface area (Å²) in [7, 11) is 0. The molecule has 0 N–H and O–H groups in total. The van der Waals surface area contributed by atoms with Crippen LogP contribution in [0.15, 0.2) is 89.4 Å². The fraction of sp³-hybridized carbons (Fsp3) is 0.182. The van der Waals surface area contributed by atoms with Crippen LogP contribution in [-0.2, 0) is 24.1 Å². The lowest BCUT2D eigenvalue weighted by Crippen LogP contribution is -2.39. The summed E-state index contributed by atoms with van der Waals surface area (Å²) >= 11 is 1.42. The molecule has 5 rings (SSSR count). The second kappa shape index (κ2) is 12.4. The molecular formula is C33H29N3O6S. The Hall–Kier alpha value is -5.09. The molecule has 0 saturated heterocycles. The van der Waals surface area contributed by atoms with E-state index in [0.29, 0.717) is 21.7 Å². The van der Waals surface area contributed by atoms with E-state index >= 15 is 0 Å². The third-order valence-corrected chi connectivity index (χ3v) is 7.72. The zero-order valence-electron chi connectivity index (χ0n) is 24.1. The van der Waals surface area contributed by atoms with Gasteiger partial charge in [-0.3, -0.25) is 14.4 Å². The summed E-state index contributed by atoms with van der Waals surface area (Å²) in [6.45, 7) is 5.48. The van der Waals surface area contributed by atoms with Crippen molar-refractivity contribution in [3.63, 3.8) is 0 Å². The van der Waals surface area contributed by atoms with Crippen LogP contribution in [0.25, 0.3) is 27.5 Å². The minimum Gasteiger partial charge on any atom is -0.338 e. The Morgan fingerprint density at radius 3 is 2.19 bits per heavy atom. The van der Waals surface area contributed by atoms with Crippen LogP contribution in [0.2, 0.25) is 0 Å². The van der Waals surface area contributed by atoms with Gasteiger partial charge in [0.1, 0.15) is 0 Å². The number of carbonyl (C=O) groups excluding carboxylic acids is 4. The van der Waals surface area contributed by atoms with Gasteiger partial charge in [-0.25, -0.2) is 4.79 Å². The molecule has 43 heavy (non-hydrogen) atoms. The van der Waals surface area contributed by atoms with Gasteiger partial charge in [-0.05, 0) is 60.8 Å². The standard InChI is InChI=1S/C33H29N3O6S/c1-20(36(21(2)37)42-23(4)39)18-29(34-41-22(3)38)25-13-16-31-28(19-25)27-8-5-6-9-30(27)35(31)26-14-11-24(12-15-26)33(40)32-10-7-17-43-32/h5-17,19-20H,18H2,1-4H3. The summed E-state index contributed by atoms with van der Waals surface area (Å²) in [6.07, 6.45) is 0.143. The molecule has 1 unspecified atom stereocenters. The van der Waals surface area contributed by atoms with Crippen LogP contribution in [0, 0.1) is 0 Å². The molecular weight excluding hydrogens is 566 g/mol. The van der Waals surface area contributed by atoms with Crippen molar-refractivity contribution in [1.82, 2.24) is 9.63 Å². The molecule has 218 valence electrons. The van der Waals surface area contributed by atoms with Crippen molar-refractivity contribution < 1.29 is 28.9 Å². The zero-order chi connectivity index (χ0) is 30.7. The molecule has 0 bridgehead atoms. The molecule has 1 amide bonds. The highest BCUT2D eigenvalue weighted by molar-refractivity contribution is 7.12. The molecule has 5 aromatic rings. The van der Waals surface area contributed by atoms with Gasteiger partial charge in [-0.15, -0.1) is 11.3 Å². The number of fused-ring (bicyclic) bond motifs is 3. The van der Waals surface area contributed by atoms with Crippen molar-refractivity contribution in [2.75, 3.05) is 0 Å². The summed E-state index contributed by atoms with van der Waals surface area (Å²) in [5.41, 5.74) is 4.47. The number of rotatable bonds is 8. The largest absolute Gasteiger partial charge is 0.338 e. The maximum absolute atomic E-state index is 12.8. The van der Waals surface area contributed by atoms with Gasteiger partial charge < -0.3 is 14.2 Å². The van der Waals surface area contributed by atoms with E-state index < -0.39 is 23.9 Å². The zero-order valence-corrected chi connectivity index (χ0v) is 24.9. The van der Waals surface area contributed by atoms with Crippen LogP contribution >= 0.6 is 11.3 Å². The number of thiophene rings is 1. The molecule has 2 heterocycles. The van der Waals surface area contributed by atoms with E-state index in [9.17, 15) is 19.2 Å². The Balaban J connectivity index is 1.56. The second-order valence-electron chi connectivity index (χ2n) is 10.0. The molecule has 0 fully saturated rings. The average molecular weight is 596 g/mol. The van der Waals surface area contributed by atoms with Crippen LogP contribution in [0.1, 0.15) is 54.9 Å². The number of oxime groups is 1. The average Bonchev–Trinajstić information content (AvgIpc) is 3.64. The van der Waals surface area contributed by atoms with E-state index in [2.05, 4.69) is 9.72 Å². The highest BCUT2D eigenvalue weighted by Crippen LogP contribution is 2.33. The summed E-state index contributed by atoms with van der Waals surface area (Å²) in [4.78, 5) is 59.1. The first-order chi connectivity index (χ1) is 20.6. The Kier molecular flexibility index (Phi) is 8.49. The summed E-state index contributed by atoms with van der Waals surface area (Å²) in [5.74, 6) is -1.68. The fourth-order valence-electron chi connectivity index (χ4n) is 5.04. The predicted molar refractivity (Wildman–Crippen MR) is 165 cm³/mol. The van der Waals surface area contributed by atoms with Gasteiger partial charge >= 0.3 is 11.9 Å². The van der Waals surface area contributed by atoms with Crippen LogP contribution in [0.4, 0.5) is 0 Å². The molecule has 3 aromatic carbocycles. The summed E-state index contributed by atoms with van der Waals surface area (Å²) in [6, 6.07) is 24.4. The molecule has 0 aliphatic heterocycles. The quantitative estimate of drug-likeness (QED) is 0.0883. The first kappa shape index (κ1) is 29.4. The van der Waals surface area contributed by atoms with Gasteiger partial charge in [-0.1, -0.05) is 35.5 Å². The van der Waals surface area contributed by atoms with E-state index in [0.717, 1.165) is 32.6 Å². The Morgan fingerprint density at radius 1 is 0.837 bits per heavy atom. The first-order valence-corrected chi connectivity index (χ1v) is 14.5. The monoisotopic (exact) mass is 595 g/mol. The Labute approximate surface area is 251 Å². The molecule has 2 aromatic heterocycles. The predicted octanol–water partition coefficient (Wildman–Crippen LogP) is 6.45. The van der Waals surface area contributed by atoms with Crippen molar-refractivity contribution in [2.24, 2.45) is 5.16 Å². The number of hydroxylamine groups is 2. The van der Waals surface area contributed by atoms with Crippen molar-refractivity contribution in [1.29, 1.82) is 0 Å². The number of ketones is 1. The van der Waals surface area contributed by atoms with Gasteiger partial charge in [-0.2, -0.15) is 5.06 Å². The van der Waals surface area contributed by atoms with Crippen molar-refractivity contribution >= 4 is 62.5 Å². The van der Waals surface area contributed by atoms with E-state index in [1.165, 1.54) is 32.1 Å². The third-order valence-electron chi connectivity index (χ3n) is 6.85. The number of amides is 1. The van der Waals surface area contributed by atoms with E-state index in [1.807, 2.05) is 84.2 Å². The highest BCUT2D eigenvalue weighted by Gasteiger charge is 2.24. The van der Waals surface area contributed by atoms with E-state index in [4.69, 9.17) is 9.68 Å². The number of hydrogen-bond donors (Lipinski definition) is 0. The molecule has 9 nitrogen and oxygen atoms in total. The number of carbonyl (C=O) groups is 4. The normalized spacial score (nSPS) is 12.2. The lowest BCUT2D eigenvalue weighted by Gasteiger charge is -2.26. The summed E-state index contributed by atoms with van der Waals surface area (Å²) in [5, 5.41) is 8.90. The van der Waals surface area contributed by atoms with Gasteiger partial charge in [0.15, 0.2) is 0 Å². The maximum atomic E-state index is 12.8. The molecule has 10 heteroatoms. The number of benzene rings is 3. The van der Waals surface area contributed by atoms with Gasteiger partial charge in [0, 0.05) is 54.8 Å². The van der Waals surface area contributed by atoms with E-state index in [-0.39, 0.29) is 12.2 Å². The number of nitrogens with zero attached hydrogens (tertiary/aromatic N) is 3. The van der Waals surface area contributed by atoms with Gasteiger partial charge in [0.25, 0.3) is 5.91 Å². The summed E-state index contributed by atoms with van der Waals surface area (Å²) < 4.78 is 2.12. The van der Waals surface area contributed by atoms with Crippen LogP contribution in [0.3, 0.4) is 0 Å². The number of hydrogen-bond acceptors (Lipinski definition) is 8. The maximum Gasteiger partial charge on any atom is 0.331 e. The van der Waals surface area contributed by atoms with Crippen molar-refractivity contribution in [2.45, 2.75) is 40.2 Å². The lowest BCUT2D eigenvalue weighted by atomic mass is 10.0. The molecule has 0 radical (unpaired) electrons. The highest BCUT2D eigenvalue weighted by atomic mass is 32.1. The second-order valence-corrected chi connectivity index (χ2v) is 11.0. The molecule has 0 aliphatic carbocycles. The van der Waals surface area contributed by atoms with Crippen LogP contribution in [-0.4, -0.2) is 45.0 Å². The fourth-order valence-corrected chi connectivity index (χ4v) is 5.72. The van der Waals surface area contributed by atoms with Crippen molar-refractivity contribution in [3.05, 3.63) is 100 Å². The Morgan fingerprint density at radius 2 is 1.53 bits per heavy atom. The molecule has 1 atom stereocenters. The number of aromatic nitrogens is 1. The molecule has 0 saturated carbocycles. The third kappa shape index (κ3) is 6.24. The van der Waals surface area contributed by atoms with E-state index in [1.54, 1.807) is 6.92 Å². The van der Waals surface area contributed by atoms with Gasteiger partial charge in [0.05, 0.1) is 27.7 Å². The minimum atomic E-state index is -0.626. The van der Waals surface area contributed by atoms with Crippen LogP contribution < -0.4 is 0 Å². The van der Waals surface area contributed by atoms with Crippen molar-refractivity contribution in [3.8, 4) is 5.69 Å². The van der Waals surface area contributed by atoms with Gasteiger partial charge in [0.2, 0.25) is 5.78 Å².